The van der Waals surface area contributed by atoms with Gasteiger partial charge in [-0.15, -0.1) is 59.2 Å². The van der Waals surface area contributed by atoms with Crippen molar-refractivity contribution < 1.29 is 0 Å². The van der Waals surface area contributed by atoms with Gasteiger partial charge in [-0.2, -0.15) is 0 Å². The summed E-state index contributed by atoms with van der Waals surface area (Å²) in [4.78, 5) is 0. The third kappa shape index (κ3) is 16.3. The lowest BCUT2D eigenvalue weighted by Gasteiger charge is -2.35. The largest absolute Gasteiger partial charge is 0.179 e. The molecular weight excluding hydrogens is 1410 g/mol. The van der Waals surface area contributed by atoms with Crippen LogP contribution in [0.3, 0.4) is 0 Å². The molecule has 0 saturated carbocycles. The lowest BCUT2D eigenvalue weighted by Crippen LogP contribution is -2.74. The zero-order chi connectivity index (χ0) is 76.5. The van der Waals surface area contributed by atoms with Gasteiger partial charge in [0.2, 0.25) is 0 Å². The highest BCUT2D eigenvalue weighted by Crippen LogP contribution is 2.35. The third-order valence-corrected chi connectivity index (χ3v) is 42.2. The second-order valence-electron chi connectivity index (χ2n) is 29.5. The predicted molar refractivity (Wildman–Crippen MR) is 495 cm³/mol. The molecule has 13 aromatic carbocycles. The van der Waals surface area contributed by atoms with Crippen molar-refractivity contribution in [2.24, 2.45) is 0 Å². The molecule has 0 unspecified atom stereocenters. The van der Waals surface area contributed by atoms with Crippen molar-refractivity contribution in [1.29, 1.82) is 0 Å². The Balaban J connectivity index is 0.790. The zero-order valence-corrected chi connectivity index (χ0v) is 68.1. The second kappa shape index (κ2) is 35.4. The maximum atomic E-state index is 6.84. The van der Waals surface area contributed by atoms with Gasteiger partial charge < -0.3 is 0 Å². The van der Waals surface area contributed by atoms with E-state index >= 15 is 0 Å². The number of hydrogen-bond acceptors (Lipinski definition) is 0. The van der Waals surface area contributed by atoms with Gasteiger partial charge in [-0.05, 0) is 187 Å². The van der Waals surface area contributed by atoms with E-state index in [2.05, 4.69) is 429 Å². The average Bonchev–Trinajstić information content (AvgIpc) is 0.729. The molecule has 0 amide bonds. The number of hydrogen-bond donors (Lipinski definition) is 0. The van der Waals surface area contributed by atoms with Crippen LogP contribution in [-0.4, -0.2) is 32.3 Å². The van der Waals surface area contributed by atoms with Gasteiger partial charge in [-0.1, -0.05) is 385 Å². The maximum Gasteiger partial charge on any atom is 0.179 e. The van der Waals surface area contributed by atoms with Crippen molar-refractivity contribution in [1.82, 2.24) is 0 Å². The summed E-state index contributed by atoms with van der Waals surface area (Å²) in [5, 5.41) is 10.1. The molecule has 0 nitrogen and oxygen atoms in total. The van der Waals surface area contributed by atoms with Crippen molar-refractivity contribution in [3.05, 3.63) is 434 Å². The molecule has 0 aliphatic carbocycles. The minimum atomic E-state index is -3.09. The molecule has 0 N–H and O–H groups in total. The molecule has 0 spiro atoms. The first-order valence-corrected chi connectivity index (χ1v) is 48.6. The number of allylic oxidation sites excluding steroid dienone is 9. The minimum Gasteiger partial charge on any atom is -0.103 e. The quantitative estimate of drug-likeness (QED) is 0.0214. The van der Waals surface area contributed by atoms with Crippen molar-refractivity contribution in [3.63, 3.8) is 0 Å². The fraction of sp³-hybridized carbons (Fsp3) is 0.0857. The van der Waals surface area contributed by atoms with E-state index in [1.54, 1.807) is 0 Å². The van der Waals surface area contributed by atoms with E-state index in [4.69, 9.17) is 11.6 Å². The van der Waals surface area contributed by atoms with Crippen LogP contribution in [-0.2, 0) is 0 Å². The molecule has 0 aliphatic rings. The first-order valence-electron chi connectivity index (χ1n) is 38.4. The fourth-order valence-electron chi connectivity index (χ4n) is 16.9. The summed E-state index contributed by atoms with van der Waals surface area (Å²) in [6.07, 6.45) is 18.7. The van der Waals surface area contributed by atoms with Gasteiger partial charge in [0.1, 0.15) is 0 Å². The van der Waals surface area contributed by atoms with Gasteiger partial charge in [0, 0.05) is 5.02 Å². The summed E-state index contributed by atoms with van der Waals surface area (Å²) in [5.74, 6) is 0. The Morgan fingerprint density at radius 1 is 0.155 bits per heavy atom. The van der Waals surface area contributed by atoms with Crippen LogP contribution in [0.4, 0.5) is 0 Å². The highest BCUT2D eigenvalue weighted by atomic mass is 35.5. The summed E-state index contributed by atoms with van der Waals surface area (Å²) in [5.41, 5.74) is 21.3. The van der Waals surface area contributed by atoms with E-state index < -0.39 is 32.3 Å². The van der Waals surface area contributed by atoms with Gasteiger partial charge in [0.25, 0.3) is 0 Å². The molecule has 0 heterocycles. The molecule has 0 radical (unpaired) electrons. The van der Waals surface area contributed by atoms with Crippen LogP contribution in [0.2, 0.25) is 59.4 Å². The molecule has 0 bridgehead atoms. The molecule has 13 rings (SSSR count). The Kier molecular flexibility index (Phi) is 24.7. The molecule has 540 valence electrons. The third-order valence-electron chi connectivity index (χ3n) is 22.8. The molecule has 5 heteroatoms. The molecule has 0 aliphatic heterocycles. The van der Waals surface area contributed by atoms with E-state index in [1.165, 1.54) is 103 Å². The van der Waals surface area contributed by atoms with Crippen LogP contribution in [0.25, 0.3) is 100 Å². The number of benzene rings is 13. The Morgan fingerprint density at radius 2 is 0.255 bits per heavy atom. The van der Waals surface area contributed by atoms with E-state index in [1.807, 2.05) is 0 Å². The summed E-state index contributed by atoms with van der Waals surface area (Å²) in [6, 6.07) is 128. The SMILES string of the molecule is C=CC[Si](CC=C)(CC=C)c1ccc(-c2ccc(-c3ccc(-c4ccc([Si](c5ccc(Cl)cc5)(c5ccc(-c6ccc(-c7ccc(-c8ccc([Si](CC=C)(CC=C)CC=C)cc8)cc7)cc6)cc5)c5ccc(-c6ccc(-c7ccc(-c8ccc([Si](CC=C)(CC=C)CC=C)cc8)cc7)cc6)cc5)cc4)cc3)cc2)cc1. The zero-order valence-electron chi connectivity index (χ0n) is 63.3. The van der Waals surface area contributed by atoms with Crippen LogP contribution in [0.1, 0.15) is 0 Å². The van der Waals surface area contributed by atoms with E-state index in [0.29, 0.717) is 5.02 Å². The minimum absolute atomic E-state index is 0.708. The molecular formula is C105H97ClSi4. The van der Waals surface area contributed by atoms with Crippen LogP contribution in [0.5, 0.6) is 0 Å². The summed E-state index contributed by atoms with van der Waals surface area (Å²) < 4.78 is 0. The Hall–Kier alpha value is -11.3. The first-order chi connectivity index (χ1) is 53.9. The Bertz CT molecular complexity index is 4760. The number of halogens is 1. The molecule has 0 saturated heterocycles. The molecule has 110 heavy (non-hydrogen) atoms. The standard InChI is InChI=1S/C105H97ClSi4/c1-10-71-107(72-11-2,73-12-3)99-57-43-92(44-58-99)86-31-19-80(20-32-86)83-25-37-89(38-26-83)95-49-63-102(64-50-95)110(105-69-55-98(106)56-70-105,103-65-51-96(52-66-103)90-39-27-84(28-40-90)81-21-33-87(34-22-81)93-45-59-100(60-46-93)108(74-13-4,75-14-5)76-15-6)104-67-53-97(54-68-104)91-41-29-85(30-42-91)82-23-35-88(36-24-82)94-47-61-101(62-48-94)109(77-16-7,78-17-8)79-18-9/h10-70H,1-9,71-79H2. The van der Waals surface area contributed by atoms with Gasteiger partial charge in [-0.3, -0.25) is 0 Å². The fourth-order valence-corrected chi connectivity index (χ4v) is 32.9. The highest BCUT2D eigenvalue weighted by molar-refractivity contribution is 7.20. The van der Waals surface area contributed by atoms with Gasteiger partial charge >= 0.3 is 0 Å². The summed E-state index contributed by atoms with van der Waals surface area (Å²) >= 11 is 6.84. The lowest BCUT2D eigenvalue weighted by molar-refractivity contribution is 1.38. The van der Waals surface area contributed by atoms with Crippen LogP contribution < -0.4 is 36.3 Å². The molecule has 0 fully saturated rings. The van der Waals surface area contributed by atoms with Crippen molar-refractivity contribution in [2.45, 2.75) is 54.4 Å². The maximum absolute atomic E-state index is 6.84. The average molecular weight is 1510 g/mol. The van der Waals surface area contributed by atoms with Crippen molar-refractivity contribution in [2.75, 3.05) is 0 Å². The van der Waals surface area contributed by atoms with E-state index in [0.717, 1.165) is 87.8 Å². The molecule has 0 atom stereocenters. The van der Waals surface area contributed by atoms with Crippen LogP contribution in [0.15, 0.2) is 429 Å². The van der Waals surface area contributed by atoms with E-state index in [9.17, 15) is 0 Å². The highest BCUT2D eigenvalue weighted by Gasteiger charge is 2.42. The Morgan fingerprint density at radius 3 is 0.373 bits per heavy atom. The molecule has 13 aromatic rings. The normalized spacial score (nSPS) is 11.6. The van der Waals surface area contributed by atoms with Gasteiger partial charge in [-0.25, -0.2) is 0 Å². The summed E-state index contributed by atoms with van der Waals surface area (Å²) in [7, 11) is -8.68. The first kappa shape index (κ1) is 76.9. The van der Waals surface area contributed by atoms with Gasteiger partial charge in [0.05, 0.1) is 24.2 Å². The second-order valence-corrected chi connectivity index (χ2v) is 46.8. The van der Waals surface area contributed by atoms with Crippen LogP contribution >= 0.6 is 11.6 Å². The van der Waals surface area contributed by atoms with Crippen molar-refractivity contribution in [3.8, 4) is 100 Å². The Labute approximate surface area is 664 Å². The monoisotopic (exact) mass is 1500 g/mol. The van der Waals surface area contributed by atoms with Crippen molar-refractivity contribution >= 4 is 80.2 Å². The lowest BCUT2D eigenvalue weighted by atomic mass is 9.98. The van der Waals surface area contributed by atoms with Crippen LogP contribution in [0, 0.1) is 0 Å². The molecule has 0 aromatic heterocycles. The smallest absolute Gasteiger partial charge is 0.103 e. The van der Waals surface area contributed by atoms with E-state index in [-0.39, 0.29) is 0 Å². The predicted octanol–water partition coefficient (Wildman–Crippen LogP) is 25.4. The summed E-state index contributed by atoms with van der Waals surface area (Å²) in [6.45, 7) is 37.0. The number of rotatable bonds is 34. The van der Waals surface area contributed by atoms with Gasteiger partial charge in [0.15, 0.2) is 8.07 Å². The topological polar surface area (TPSA) is 0 Å².